The number of benzene rings is 1. The number of fused-ring (bicyclic) bond motifs is 1. The minimum atomic E-state index is -0.515. The van der Waals surface area contributed by atoms with Gasteiger partial charge in [-0.05, 0) is 17.7 Å². The number of aromatic nitrogens is 4. The van der Waals surface area contributed by atoms with Crippen LogP contribution in [-0.2, 0) is 25.4 Å². The normalized spacial score (nSPS) is 11.2. The lowest BCUT2D eigenvalue weighted by atomic mass is 10.2. The number of hydrogen-bond donors (Lipinski definition) is 1. The van der Waals surface area contributed by atoms with Gasteiger partial charge in [-0.1, -0.05) is 12.1 Å². The molecule has 0 aliphatic carbocycles. The van der Waals surface area contributed by atoms with Gasteiger partial charge in [-0.15, -0.1) is 0 Å². The number of amides is 1. The van der Waals surface area contributed by atoms with Crippen LogP contribution >= 0.6 is 0 Å². The Balaban J connectivity index is 1.78. The molecule has 10 nitrogen and oxygen atoms in total. The highest BCUT2D eigenvalue weighted by Gasteiger charge is 2.15. The number of rotatable bonds is 5. The zero-order chi connectivity index (χ0) is 19.6. The van der Waals surface area contributed by atoms with Crippen molar-refractivity contribution in [1.29, 1.82) is 0 Å². The third-order valence-electron chi connectivity index (χ3n) is 4.03. The Hall–Kier alpha value is -3.69. The maximum Gasteiger partial charge on any atom is 0.332 e. The van der Waals surface area contributed by atoms with Crippen molar-refractivity contribution in [3.05, 3.63) is 57.0 Å². The molecule has 2 aromatic heterocycles. The van der Waals surface area contributed by atoms with Crippen LogP contribution in [0.1, 0.15) is 5.56 Å². The van der Waals surface area contributed by atoms with Crippen molar-refractivity contribution >= 4 is 23.3 Å². The molecule has 0 spiro atoms. The molecule has 10 heteroatoms. The summed E-state index contributed by atoms with van der Waals surface area (Å²) >= 11 is 0. The third kappa shape index (κ3) is 3.50. The molecule has 0 saturated heterocycles. The van der Waals surface area contributed by atoms with Crippen LogP contribution in [0.15, 0.2) is 45.3 Å². The average Bonchev–Trinajstić information content (AvgIpc) is 3.08. The lowest BCUT2D eigenvalue weighted by molar-refractivity contribution is -0.121. The van der Waals surface area contributed by atoms with Crippen molar-refractivity contribution in [2.24, 2.45) is 19.2 Å². The fourth-order valence-electron chi connectivity index (χ4n) is 2.61. The van der Waals surface area contributed by atoms with E-state index in [2.05, 4.69) is 15.5 Å². The van der Waals surface area contributed by atoms with E-state index in [0.717, 1.165) is 10.1 Å². The van der Waals surface area contributed by atoms with E-state index < -0.39 is 17.2 Å². The molecule has 1 amide bonds. The number of aryl methyl sites for hydroxylation is 1. The number of methoxy groups -OCH3 is 1. The highest BCUT2D eigenvalue weighted by atomic mass is 16.5. The van der Waals surface area contributed by atoms with Crippen LogP contribution in [0.4, 0.5) is 0 Å². The van der Waals surface area contributed by atoms with Gasteiger partial charge in [0.15, 0.2) is 11.2 Å². The summed E-state index contributed by atoms with van der Waals surface area (Å²) in [5.74, 6) is 0.237. The molecule has 27 heavy (non-hydrogen) atoms. The van der Waals surface area contributed by atoms with Gasteiger partial charge in [-0.3, -0.25) is 18.7 Å². The first-order valence-electron chi connectivity index (χ1n) is 7.99. The number of imidazole rings is 1. The smallest absolute Gasteiger partial charge is 0.332 e. The summed E-state index contributed by atoms with van der Waals surface area (Å²) in [6.07, 6.45) is 2.83. The van der Waals surface area contributed by atoms with E-state index in [9.17, 15) is 14.4 Å². The van der Waals surface area contributed by atoms with Crippen LogP contribution in [-0.4, -0.2) is 37.9 Å². The first-order valence-corrected chi connectivity index (χ1v) is 7.99. The molecule has 3 aromatic rings. The van der Waals surface area contributed by atoms with Gasteiger partial charge < -0.3 is 9.30 Å². The number of hydrogen-bond acceptors (Lipinski definition) is 6. The topological polar surface area (TPSA) is 113 Å². The van der Waals surface area contributed by atoms with Gasteiger partial charge >= 0.3 is 5.69 Å². The van der Waals surface area contributed by atoms with Gasteiger partial charge in [0, 0.05) is 14.1 Å². The van der Waals surface area contributed by atoms with Gasteiger partial charge in [0.1, 0.15) is 12.3 Å². The first-order chi connectivity index (χ1) is 12.9. The second-order valence-electron chi connectivity index (χ2n) is 5.82. The average molecular weight is 370 g/mol. The molecule has 1 N–H and O–H groups in total. The van der Waals surface area contributed by atoms with E-state index >= 15 is 0 Å². The summed E-state index contributed by atoms with van der Waals surface area (Å²) in [6, 6.07) is 7.18. The van der Waals surface area contributed by atoms with E-state index in [4.69, 9.17) is 4.74 Å². The largest absolute Gasteiger partial charge is 0.497 e. The fourth-order valence-corrected chi connectivity index (χ4v) is 2.61. The van der Waals surface area contributed by atoms with E-state index in [1.54, 1.807) is 25.3 Å². The van der Waals surface area contributed by atoms with E-state index in [0.29, 0.717) is 5.75 Å². The van der Waals surface area contributed by atoms with E-state index in [-0.39, 0.29) is 17.7 Å². The Morgan fingerprint density at radius 2 is 2.07 bits per heavy atom. The molecule has 0 radical (unpaired) electrons. The van der Waals surface area contributed by atoms with Crippen molar-refractivity contribution < 1.29 is 9.53 Å². The molecular weight excluding hydrogens is 352 g/mol. The molecule has 140 valence electrons. The Morgan fingerprint density at radius 1 is 1.30 bits per heavy atom. The minimum Gasteiger partial charge on any atom is -0.497 e. The number of nitrogens with zero attached hydrogens (tertiary/aromatic N) is 5. The van der Waals surface area contributed by atoms with E-state index in [1.807, 2.05) is 6.07 Å². The van der Waals surface area contributed by atoms with Crippen molar-refractivity contribution in [2.45, 2.75) is 6.54 Å². The summed E-state index contributed by atoms with van der Waals surface area (Å²) in [5, 5.41) is 3.90. The Labute approximate surface area is 153 Å². The molecule has 0 fully saturated rings. The summed E-state index contributed by atoms with van der Waals surface area (Å²) < 4.78 is 8.73. The second-order valence-corrected chi connectivity index (χ2v) is 5.82. The highest BCUT2D eigenvalue weighted by Crippen LogP contribution is 2.10. The minimum absolute atomic E-state index is 0.167. The van der Waals surface area contributed by atoms with Gasteiger partial charge in [0.25, 0.3) is 11.5 Å². The molecular formula is C17H18N6O4. The van der Waals surface area contributed by atoms with Crippen molar-refractivity contribution in [1.82, 2.24) is 24.1 Å². The first kappa shape index (κ1) is 18.1. The number of carbonyl (C=O) groups is 1. The molecule has 0 bridgehead atoms. The van der Waals surface area contributed by atoms with Crippen molar-refractivity contribution in [2.75, 3.05) is 7.11 Å². The van der Waals surface area contributed by atoms with Crippen molar-refractivity contribution in [3.63, 3.8) is 0 Å². The Morgan fingerprint density at radius 3 is 2.81 bits per heavy atom. The summed E-state index contributed by atoms with van der Waals surface area (Å²) in [7, 11) is 4.45. The molecule has 3 rings (SSSR count). The van der Waals surface area contributed by atoms with Crippen LogP contribution in [0.3, 0.4) is 0 Å². The monoisotopic (exact) mass is 370 g/mol. The summed E-state index contributed by atoms with van der Waals surface area (Å²) in [4.78, 5) is 40.5. The molecule has 1 aromatic carbocycles. The van der Waals surface area contributed by atoms with Gasteiger partial charge in [0.2, 0.25) is 0 Å². The molecule has 0 aliphatic heterocycles. The van der Waals surface area contributed by atoms with Crippen LogP contribution in [0.2, 0.25) is 0 Å². The lowest BCUT2D eigenvalue weighted by Crippen LogP contribution is -2.38. The Bertz CT molecular complexity index is 1150. The number of hydrazone groups is 1. The van der Waals surface area contributed by atoms with Crippen LogP contribution in [0, 0.1) is 0 Å². The quantitative estimate of drug-likeness (QED) is 0.485. The van der Waals surface area contributed by atoms with Gasteiger partial charge in [-0.2, -0.15) is 5.10 Å². The number of nitrogens with one attached hydrogen (secondary N) is 1. The second kappa shape index (κ2) is 7.28. The number of carbonyl (C=O) groups excluding carboxylic acids is 1. The zero-order valence-electron chi connectivity index (χ0n) is 15.0. The predicted molar refractivity (Wildman–Crippen MR) is 98.9 cm³/mol. The van der Waals surface area contributed by atoms with Crippen LogP contribution in [0.5, 0.6) is 5.75 Å². The molecule has 0 unspecified atom stereocenters. The molecule has 0 aliphatic rings. The maximum atomic E-state index is 12.3. The summed E-state index contributed by atoms with van der Waals surface area (Å²) in [6.45, 7) is -0.167. The van der Waals surface area contributed by atoms with Crippen molar-refractivity contribution in [3.8, 4) is 5.75 Å². The highest BCUT2D eigenvalue weighted by molar-refractivity contribution is 5.83. The molecule has 0 saturated carbocycles. The molecule has 0 atom stereocenters. The fraction of sp³-hybridized carbons (Fsp3) is 0.235. The summed E-state index contributed by atoms with van der Waals surface area (Å²) in [5.41, 5.74) is 2.55. The third-order valence-corrected chi connectivity index (χ3v) is 4.03. The lowest BCUT2D eigenvalue weighted by Gasteiger charge is -2.06. The predicted octanol–water partition coefficient (Wildman–Crippen LogP) is -0.407. The van der Waals surface area contributed by atoms with Crippen LogP contribution < -0.4 is 21.4 Å². The standard InChI is InChI=1S/C17H18N6O4/c1-21-15-14(16(25)22(2)17(21)26)23(10-18-15)9-13(24)20-19-8-11-5-4-6-12(7-11)27-3/h4-8,10H,9H2,1-3H3,(H,20,24)/b19-8-. The number of ether oxygens (including phenoxy) is 1. The SMILES string of the molecule is COc1cccc(/C=N\NC(=O)Cn2cnc3c2c(=O)n(C)c(=O)n3C)c1. The van der Waals surface area contributed by atoms with Gasteiger partial charge in [-0.25, -0.2) is 15.2 Å². The van der Waals surface area contributed by atoms with E-state index in [1.165, 1.54) is 35.8 Å². The van der Waals surface area contributed by atoms with Gasteiger partial charge in [0.05, 0.1) is 19.7 Å². The Kier molecular flexibility index (Phi) is 4.88. The molecule has 2 heterocycles. The zero-order valence-corrected chi connectivity index (χ0v) is 15.0. The maximum absolute atomic E-state index is 12.3. The van der Waals surface area contributed by atoms with Crippen LogP contribution in [0.25, 0.3) is 11.2 Å².